The summed E-state index contributed by atoms with van der Waals surface area (Å²) in [6, 6.07) is 0. The molecule has 0 atom stereocenters. The third kappa shape index (κ3) is 4.29. The van der Waals surface area contributed by atoms with Gasteiger partial charge in [-0.1, -0.05) is 5.21 Å². The van der Waals surface area contributed by atoms with E-state index in [-0.39, 0.29) is 4.68 Å². The van der Waals surface area contributed by atoms with Crippen LogP contribution in [-0.4, -0.2) is 37.3 Å². The molecule has 108 valence electrons. The highest BCUT2D eigenvalue weighted by molar-refractivity contribution is 8.00. The molecule has 0 aliphatic rings. The summed E-state index contributed by atoms with van der Waals surface area (Å²) >= 11 is -0.538. The Hall–Kier alpha value is -1.46. The van der Waals surface area contributed by atoms with E-state index in [0.717, 1.165) is 0 Å². The Morgan fingerprint density at radius 3 is 2.26 bits per heavy atom. The predicted molar refractivity (Wildman–Crippen MR) is 50.5 cm³/mol. The molecule has 1 heterocycles. The van der Waals surface area contributed by atoms with E-state index >= 15 is 0 Å². The highest BCUT2D eigenvalue weighted by atomic mass is 32.2. The van der Waals surface area contributed by atoms with Gasteiger partial charge in [-0.3, -0.25) is 0 Å². The molecular formula is C7H5F6N3O2S. The Bertz CT molecular complexity index is 468. The van der Waals surface area contributed by atoms with E-state index in [4.69, 9.17) is 5.11 Å². The molecule has 0 aliphatic heterocycles. The number of thioether (sulfide) groups is 1. The van der Waals surface area contributed by atoms with Crippen molar-refractivity contribution in [3.8, 4) is 0 Å². The lowest BCUT2D eigenvalue weighted by Crippen LogP contribution is -2.19. The maximum Gasteiger partial charge on any atom is 0.441 e. The second-order valence-electron chi connectivity index (χ2n) is 3.11. The van der Waals surface area contributed by atoms with Crippen LogP contribution in [0.15, 0.2) is 0 Å². The first-order chi connectivity index (χ1) is 8.52. The number of aromatic carboxylic acids is 1. The summed E-state index contributed by atoms with van der Waals surface area (Å²) in [7, 11) is 0. The zero-order chi connectivity index (χ0) is 14.8. The van der Waals surface area contributed by atoms with Crippen LogP contribution in [0.1, 0.15) is 16.2 Å². The van der Waals surface area contributed by atoms with Crippen molar-refractivity contribution in [2.75, 3.05) is 5.75 Å². The molecule has 0 unspecified atom stereocenters. The standard InChI is InChI=1S/C7H5F6N3O2S/c8-6(9,10)4-3(5(17)18)14-15-16(4)1-2-19-7(11,12)13/h1-2H2,(H,17,18). The largest absolute Gasteiger partial charge is 0.476 e. The average molecular weight is 309 g/mol. The number of hydrogen-bond donors (Lipinski definition) is 1. The SMILES string of the molecule is O=C(O)c1nnn(CCSC(F)(F)F)c1C(F)(F)F. The van der Waals surface area contributed by atoms with Gasteiger partial charge in [-0.2, -0.15) is 26.3 Å². The molecule has 0 bridgehead atoms. The molecule has 0 aromatic carbocycles. The van der Waals surface area contributed by atoms with Crippen LogP contribution in [0.25, 0.3) is 0 Å². The summed E-state index contributed by atoms with van der Waals surface area (Å²) < 4.78 is 73.3. The van der Waals surface area contributed by atoms with Gasteiger partial charge in [-0.25, -0.2) is 9.48 Å². The second kappa shape index (κ2) is 5.27. The molecule has 0 spiro atoms. The zero-order valence-corrected chi connectivity index (χ0v) is 9.60. The van der Waals surface area contributed by atoms with Gasteiger partial charge in [0, 0.05) is 5.75 Å². The molecule has 12 heteroatoms. The summed E-state index contributed by atoms with van der Waals surface area (Å²) in [5.74, 6) is -2.70. The first kappa shape index (κ1) is 15.6. The van der Waals surface area contributed by atoms with Gasteiger partial charge in [-0.15, -0.1) is 5.10 Å². The highest BCUT2D eigenvalue weighted by Gasteiger charge is 2.41. The Morgan fingerprint density at radius 1 is 1.26 bits per heavy atom. The van der Waals surface area contributed by atoms with Crippen LogP contribution in [-0.2, 0) is 12.7 Å². The van der Waals surface area contributed by atoms with Crippen LogP contribution in [0.5, 0.6) is 0 Å². The number of nitrogens with zero attached hydrogens (tertiary/aromatic N) is 3. The topological polar surface area (TPSA) is 68.0 Å². The molecular weight excluding hydrogens is 304 g/mol. The third-order valence-electron chi connectivity index (χ3n) is 1.78. The number of alkyl halides is 6. The minimum atomic E-state index is -5.07. The molecule has 19 heavy (non-hydrogen) atoms. The fourth-order valence-corrected chi connectivity index (χ4v) is 1.64. The lowest BCUT2D eigenvalue weighted by molar-refractivity contribution is -0.144. The molecule has 0 amide bonds. The van der Waals surface area contributed by atoms with Crippen molar-refractivity contribution in [1.29, 1.82) is 0 Å². The molecule has 0 saturated heterocycles. The lowest BCUT2D eigenvalue weighted by Gasteiger charge is -2.10. The Balaban J connectivity index is 2.93. The number of halogens is 6. The van der Waals surface area contributed by atoms with Gasteiger partial charge < -0.3 is 5.11 Å². The molecule has 1 rings (SSSR count). The van der Waals surface area contributed by atoms with E-state index in [9.17, 15) is 31.1 Å². The quantitative estimate of drug-likeness (QED) is 0.864. The van der Waals surface area contributed by atoms with Crippen LogP contribution in [0.4, 0.5) is 26.3 Å². The maximum absolute atomic E-state index is 12.6. The summed E-state index contributed by atoms with van der Waals surface area (Å²) in [5, 5.41) is 14.2. The van der Waals surface area contributed by atoms with Crippen molar-refractivity contribution >= 4 is 17.7 Å². The van der Waals surface area contributed by atoms with E-state index in [1.165, 1.54) is 0 Å². The number of carbonyl (C=O) groups is 1. The minimum absolute atomic E-state index is 0.0994. The summed E-state index contributed by atoms with van der Waals surface area (Å²) in [6.07, 6.45) is -5.07. The van der Waals surface area contributed by atoms with Crippen LogP contribution in [0.2, 0.25) is 0 Å². The third-order valence-corrected chi connectivity index (χ3v) is 2.49. The number of aryl methyl sites for hydroxylation is 1. The van der Waals surface area contributed by atoms with Crippen molar-refractivity contribution in [1.82, 2.24) is 15.0 Å². The second-order valence-corrected chi connectivity index (χ2v) is 4.27. The fourth-order valence-electron chi connectivity index (χ4n) is 1.14. The van der Waals surface area contributed by atoms with Gasteiger partial charge in [0.25, 0.3) is 0 Å². The maximum atomic E-state index is 12.6. The van der Waals surface area contributed by atoms with Crippen LogP contribution in [0.3, 0.4) is 0 Å². The number of rotatable bonds is 4. The van der Waals surface area contributed by atoms with Gasteiger partial charge in [0.2, 0.25) is 5.69 Å². The number of aromatic nitrogens is 3. The van der Waals surface area contributed by atoms with Crippen molar-refractivity contribution in [2.45, 2.75) is 18.2 Å². The number of hydrogen-bond acceptors (Lipinski definition) is 4. The average Bonchev–Trinajstić information content (AvgIpc) is 2.58. The summed E-state index contributed by atoms with van der Waals surface area (Å²) in [5.41, 5.74) is -7.61. The van der Waals surface area contributed by atoms with Crippen LogP contribution >= 0.6 is 11.8 Å². The smallest absolute Gasteiger partial charge is 0.441 e. The molecule has 1 aromatic heterocycles. The molecule has 0 saturated carbocycles. The molecule has 0 radical (unpaired) electrons. The zero-order valence-electron chi connectivity index (χ0n) is 8.79. The molecule has 0 fully saturated rings. The highest BCUT2D eigenvalue weighted by Crippen LogP contribution is 2.33. The van der Waals surface area contributed by atoms with Crippen molar-refractivity contribution < 1.29 is 36.2 Å². The van der Waals surface area contributed by atoms with Gasteiger partial charge in [0.05, 0.1) is 6.54 Å². The molecule has 0 aliphatic carbocycles. The summed E-state index contributed by atoms with van der Waals surface area (Å²) in [6.45, 7) is -0.765. The van der Waals surface area contributed by atoms with Gasteiger partial charge in [0.15, 0.2) is 5.69 Å². The van der Waals surface area contributed by atoms with Crippen molar-refractivity contribution in [2.24, 2.45) is 0 Å². The molecule has 1 aromatic rings. The normalized spacial score (nSPS) is 12.7. The van der Waals surface area contributed by atoms with E-state index in [1.54, 1.807) is 0 Å². The van der Waals surface area contributed by atoms with E-state index in [0.29, 0.717) is 0 Å². The predicted octanol–water partition coefficient (Wildman–Crippen LogP) is 2.25. The van der Waals surface area contributed by atoms with Crippen molar-refractivity contribution in [3.05, 3.63) is 11.4 Å². The van der Waals surface area contributed by atoms with Gasteiger partial charge >= 0.3 is 17.7 Å². The molecule has 1 N–H and O–H groups in total. The molecule has 5 nitrogen and oxygen atoms in total. The number of carboxylic acids is 1. The number of carboxylic acid groups (broad SMARTS) is 1. The van der Waals surface area contributed by atoms with Gasteiger partial charge in [0.1, 0.15) is 0 Å². The first-order valence-electron chi connectivity index (χ1n) is 4.47. The van der Waals surface area contributed by atoms with E-state index in [1.807, 2.05) is 0 Å². The Morgan fingerprint density at radius 2 is 1.84 bits per heavy atom. The monoisotopic (exact) mass is 309 g/mol. The Labute approximate surface area is 105 Å². The minimum Gasteiger partial charge on any atom is -0.476 e. The van der Waals surface area contributed by atoms with Crippen molar-refractivity contribution in [3.63, 3.8) is 0 Å². The first-order valence-corrected chi connectivity index (χ1v) is 5.45. The lowest BCUT2D eigenvalue weighted by atomic mass is 10.3. The van der Waals surface area contributed by atoms with E-state index in [2.05, 4.69) is 10.3 Å². The van der Waals surface area contributed by atoms with Gasteiger partial charge in [-0.05, 0) is 11.8 Å². The van der Waals surface area contributed by atoms with Crippen LogP contribution < -0.4 is 0 Å². The van der Waals surface area contributed by atoms with Crippen LogP contribution in [0, 0.1) is 0 Å². The Kier molecular flexibility index (Phi) is 4.32. The summed E-state index contributed by atoms with van der Waals surface area (Å²) in [4.78, 5) is 10.5. The van der Waals surface area contributed by atoms with E-state index < -0.39 is 53.1 Å². The fraction of sp³-hybridized carbons (Fsp3) is 0.571.